The molecule has 7 rings (SSSR count). The van der Waals surface area contributed by atoms with Crippen molar-refractivity contribution >= 4 is 33.9 Å². The van der Waals surface area contributed by atoms with Gasteiger partial charge in [-0.1, -0.05) is 42.5 Å². The summed E-state index contributed by atoms with van der Waals surface area (Å²) in [6, 6.07) is 28.3. The zero-order chi connectivity index (χ0) is 28.5. The number of rotatable bonds is 7. The van der Waals surface area contributed by atoms with Gasteiger partial charge in [0.1, 0.15) is 5.75 Å². The Balaban J connectivity index is 1.16. The molecule has 0 fully saturated rings. The second-order valence-electron chi connectivity index (χ2n) is 10.5. The lowest BCUT2D eigenvalue weighted by Crippen LogP contribution is -2.11. The number of anilines is 3. The molecule has 0 unspecified atom stereocenters. The normalized spacial score (nSPS) is 12.2. The number of hydrogen-bond acceptors (Lipinski definition) is 5. The second-order valence-corrected chi connectivity index (χ2v) is 10.5. The molecule has 1 aliphatic heterocycles. The van der Waals surface area contributed by atoms with Gasteiger partial charge in [-0.25, -0.2) is 0 Å². The highest BCUT2D eigenvalue weighted by atomic mass is 16.5. The van der Waals surface area contributed by atoms with Gasteiger partial charge in [0.25, 0.3) is 5.91 Å². The summed E-state index contributed by atoms with van der Waals surface area (Å²) in [7, 11) is 0. The van der Waals surface area contributed by atoms with E-state index in [0.717, 1.165) is 62.6 Å². The van der Waals surface area contributed by atoms with E-state index in [4.69, 9.17) is 4.74 Å². The van der Waals surface area contributed by atoms with E-state index in [2.05, 4.69) is 67.8 Å². The minimum atomic E-state index is -0.141. The molecular weight excluding hydrogens is 522 g/mol. The largest absolute Gasteiger partial charge is 0.491 e. The van der Waals surface area contributed by atoms with Gasteiger partial charge >= 0.3 is 0 Å². The van der Waals surface area contributed by atoms with E-state index < -0.39 is 0 Å². The van der Waals surface area contributed by atoms with Crippen LogP contribution in [-0.4, -0.2) is 27.0 Å². The summed E-state index contributed by atoms with van der Waals surface area (Å²) < 4.78 is 8.16. The predicted molar refractivity (Wildman–Crippen MR) is 167 cm³/mol. The van der Waals surface area contributed by atoms with Gasteiger partial charge in [-0.05, 0) is 66.1 Å². The van der Waals surface area contributed by atoms with Crippen molar-refractivity contribution in [3.05, 3.63) is 132 Å². The fourth-order valence-electron chi connectivity index (χ4n) is 5.49. The molecule has 3 aromatic carbocycles. The van der Waals surface area contributed by atoms with E-state index in [0.29, 0.717) is 18.6 Å². The van der Waals surface area contributed by atoms with Crippen LogP contribution in [0.1, 0.15) is 27.2 Å². The van der Waals surface area contributed by atoms with Crippen LogP contribution in [0.3, 0.4) is 0 Å². The monoisotopic (exact) mass is 551 g/mol. The Morgan fingerprint density at radius 1 is 0.810 bits per heavy atom. The summed E-state index contributed by atoms with van der Waals surface area (Å²) in [4.78, 5) is 22.0. The van der Waals surface area contributed by atoms with Gasteiger partial charge in [0, 0.05) is 42.5 Å². The molecule has 0 atom stereocenters. The Labute approximate surface area is 243 Å². The summed E-state index contributed by atoms with van der Waals surface area (Å²) in [6.45, 7) is 3.20. The maximum absolute atomic E-state index is 13.3. The van der Waals surface area contributed by atoms with Gasteiger partial charge in [0.2, 0.25) is 0 Å². The molecule has 1 amide bonds. The molecule has 1 aliphatic rings. The number of aromatic nitrogens is 3. The second kappa shape index (κ2) is 10.9. The lowest BCUT2D eigenvalue weighted by molar-refractivity contribution is 0.102. The Morgan fingerprint density at radius 2 is 1.71 bits per heavy atom. The summed E-state index contributed by atoms with van der Waals surface area (Å²) in [6.07, 6.45) is 8.37. The zero-order valence-electron chi connectivity index (χ0n) is 23.2. The average Bonchev–Trinajstić information content (AvgIpc) is 3.30. The summed E-state index contributed by atoms with van der Waals surface area (Å²) >= 11 is 0. The third kappa shape index (κ3) is 4.97. The van der Waals surface area contributed by atoms with Crippen LogP contribution in [0.2, 0.25) is 0 Å². The van der Waals surface area contributed by atoms with E-state index in [9.17, 15) is 4.79 Å². The molecule has 0 aliphatic carbocycles. The number of carbonyl (C=O) groups is 1. The fourth-order valence-corrected chi connectivity index (χ4v) is 5.49. The molecule has 7 heteroatoms. The summed E-state index contributed by atoms with van der Waals surface area (Å²) in [5.41, 5.74) is 9.32. The van der Waals surface area contributed by atoms with Crippen molar-refractivity contribution < 1.29 is 9.53 Å². The highest BCUT2D eigenvalue weighted by Gasteiger charge is 2.21. The molecule has 206 valence electrons. The Morgan fingerprint density at radius 3 is 2.60 bits per heavy atom. The first-order chi connectivity index (χ1) is 20.6. The smallest absolute Gasteiger partial charge is 0.257 e. The maximum Gasteiger partial charge on any atom is 0.257 e. The zero-order valence-corrected chi connectivity index (χ0v) is 23.2. The minimum Gasteiger partial charge on any atom is -0.491 e. The molecule has 7 nitrogen and oxygen atoms in total. The third-order valence-electron chi connectivity index (χ3n) is 7.66. The van der Waals surface area contributed by atoms with Gasteiger partial charge in [-0.2, -0.15) is 0 Å². The fraction of sp³-hybridized carbons (Fsp3) is 0.114. The van der Waals surface area contributed by atoms with Crippen LogP contribution in [0, 0.1) is 6.92 Å². The van der Waals surface area contributed by atoms with Crippen LogP contribution in [0.15, 0.2) is 110 Å². The SMILES string of the molecule is Cc1ncccc1OCCc1ccc2c(c1)NC(=O)c1ccc(-c3cn(Cc4ccccc4)c4cnccc34)cc1N2. The number of amides is 1. The van der Waals surface area contributed by atoms with Gasteiger partial charge in [0.15, 0.2) is 0 Å². The highest BCUT2D eigenvalue weighted by Crippen LogP contribution is 2.37. The van der Waals surface area contributed by atoms with Crippen molar-refractivity contribution in [3.63, 3.8) is 0 Å². The molecule has 3 aromatic heterocycles. The molecule has 0 saturated carbocycles. The topological polar surface area (TPSA) is 81.1 Å². The quantitative estimate of drug-likeness (QED) is 0.216. The Bertz CT molecular complexity index is 1930. The Kier molecular flexibility index (Phi) is 6.60. The van der Waals surface area contributed by atoms with Crippen LogP contribution in [0.25, 0.3) is 22.0 Å². The molecule has 42 heavy (non-hydrogen) atoms. The number of fused-ring (bicyclic) bond motifs is 3. The van der Waals surface area contributed by atoms with Gasteiger partial charge in [-0.3, -0.25) is 14.8 Å². The van der Waals surface area contributed by atoms with Crippen molar-refractivity contribution in [2.75, 3.05) is 17.2 Å². The van der Waals surface area contributed by atoms with Crippen molar-refractivity contribution in [2.24, 2.45) is 0 Å². The third-order valence-corrected chi connectivity index (χ3v) is 7.66. The number of aryl methyl sites for hydroxylation is 1. The van der Waals surface area contributed by atoms with Gasteiger partial charge in [0.05, 0.1) is 46.6 Å². The molecule has 0 spiro atoms. The number of ether oxygens (including phenoxy) is 1. The standard InChI is InChI=1S/C35H29N5O2/c1-23-34(8-5-15-37-23)42-17-14-24-9-12-30-32(18-24)39-35(41)28-11-10-26(19-31(28)38-30)29-22-40(21-25-6-3-2-4-7-25)33-20-36-16-13-27(29)33/h2-13,15-16,18-20,22,38H,14,17,21H2,1H3,(H,39,41). The van der Waals surface area contributed by atoms with Gasteiger partial charge < -0.3 is 19.9 Å². The highest BCUT2D eigenvalue weighted by molar-refractivity contribution is 6.13. The van der Waals surface area contributed by atoms with E-state index in [1.165, 1.54) is 5.56 Å². The van der Waals surface area contributed by atoms with Crippen molar-refractivity contribution in [1.29, 1.82) is 0 Å². The summed E-state index contributed by atoms with van der Waals surface area (Å²) in [5, 5.41) is 7.72. The van der Waals surface area contributed by atoms with E-state index >= 15 is 0 Å². The van der Waals surface area contributed by atoms with Crippen molar-refractivity contribution in [3.8, 4) is 16.9 Å². The average molecular weight is 552 g/mol. The van der Waals surface area contributed by atoms with E-state index in [1.54, 1.807) is 6.20 Å². The predicted octanol–water partition coefficient (Wildman–Crippen LogP) is 7.39. The molecule has 4 heterocycles. The van der Waals surface area contributed by atoms with Crippen LogP contribution in [0.4, 0.5) is 17.1 Å². The van der Waals surface area contributed by atoms with Crippen molar-refractivity contribution in [2.45, 2.75) is 19.9 Å². The molecule has 6 aromatic rings. The van der Waals surface area contributed by atoms with E-state index in [1.807, 2.05) is 67.8 Å². The number of carbonyl (C=O) groups excluding carboxylic acids is 1. The lowest BCUT2D eigenvalue weighted by Gasteiger charge is -2.12. The lowest BCUT2D eigenvalue weighted by atomic mass is 10.0. The van der Waals surface area contributed by atoms with Crippen LogP contribution < -0.4 is 15.4 Å². The number of pyridine rings is 2. The number of benzene rings is 3. The first-order valence-corrected chi connectivity index (χ1v) is 14.0. The van der Waals surface area contributed by atoms with Gasteiger partial charge in [-0.15, -0.1) is 0 Å². The molecule has 0 radical (unpaired) electrons. The maximum atomic E-state index is 13.3. The molecular formula is C35H29N5O2. The van der Waals surface area contributed by atoms with Crippen LogP contribution >= 0.6 is 0 Å². The van der Waals surface area contributed by atoms with Crippen LogP contribution in [0.5, 0.6) is 5.75 Å². The first kappa shape index (κ1) is 25.5. The Hall–Kier alpha value is -5.43. The number of hydrogen-bond donors (Lipinski definition) is 2. The van der Waals surface area contributed by atoms with Crippen molar-refractivity contribution in [1.82, 2.24) is 14.5 Å². The molecule has 2 N–H and O–H groups in total. The van der Waals surface area contributed by atoms with E-state index in [-0.39, 0.29) is 5.91 Å². The number of nitrogens with zero attached hydrogens (tertiary/aromatic N) is 3. The molecule has 0 saturated heterocycles. The van der Waals surface area contributed by atoms with Crippen LogP contribution in [-0.2, 0) is 13.0 Å². The minimum absolute atomic E-state index is 0.141. The summed E-state index contributed by atoms with van der Waals surface area (Å²) in [5.74, 6) is 0.644. The molecule has 0 bridgehead atoms. The number of nitrogens with one attached hydrogen (secondary N) is 2. The first-order valence-electron chi connectivity index (χ1n) is 14.0.